The van der Waals surface area contributed by atoms with Crippen molar-refractivity contribution in [2.24, 2.45) is 0 Å². The van der Waals surface area contributed by atoms with E-state index >= 15 is 0 Å². The van der Waals surface area contributed by atoms with Crippen LogP contribution in [-0.2, 0) is 11.2 Å². The van der Waals surface area contributed by atoms with Gasteiger partial charge in [0.1, 0.15) is 5.52 Å². The van der Waals surface area contributed by atoms with Crippen LogP contribution in [0.5, 0.6) is 0 Å². The molecular weight excluding hydrogens is 290 g/mol. The summed E-state index contributed by atoms with van der Waals surface area (Å²) in [4.78, 5) is 15.1. The van der Waals surface area contributed by atoms with Gasteiger partial charge >= 0.3 is 0 Å². The van der Waals surface area contributed by atoms with Crippen LogP contribution in [0.2, 0.25) is 5.02 Å². The fraction of sp³-hybridized carbons (Fsp3) is 0.333. The summed E-state index contributed by atoms with van der Waals surface area (Å²) in [5.41, 5.74) is 2.04. The molecule has 0 aliphatic rings. The van der Waals surface area contributed by atoms with E-state index in [1.54, 1.807) is 12.1 Å². The second-order valence-electron chi connectivity index (χ2n) is 4.93. The van der Waals surface area contributed by atoms with Gasteiger partial charge in [0.2, 0.25) is 0 Å². The van der Waals surface area contributed by atoms with E-state index < -0.39 is 0 Å². The predicted molar refractivity (Wildman–Crippen MR) is 84.0 cm³/mol. The third kappa shape index (κ3) is 2.66. The third-order valence-electron chi connectivity index (χ3n) is 3.40. The minimum atomic E-state index is -0.140. The number of nitrogens with zero attached hydrogens (tertiary/aromatic N) is 1. The van der Waals surface area contributed by atoms with E-state index in [0.717, 1.165) is 29.6 Å². The van der Waals surface area contributed by atoms with E-state index in [-0.39, 0.29) is 5.56 Å². The Bertz CT molecular complexity index is 838. The van der Waals surface area contributed by atoms with Gasteiger partial charge in [0, 0.05) is 23.4 Å². The molecule has 3 rings (SSSR count). The number of benzene rings is 1. The summed E-state index contributed by atoms with van der Waals surface area (Å²) in [7, 11) is 0. The zero-order valence-electron chi connectivity index (χ0n) is 11.7. The molecule has 0 radical (unpaired) electrons. The maximum atomic E-state index is 12.3. The Balaban J connectivity index is 2.06. The van der Waals surface area contributed by atoms with Crippen LogP contribution in [0, 0.1) is 0 Å². The van der Waals surface area contributed by atoms with Gasteiger partial charge in [-0.3, -0.25) is 9.89 Å². The van der Waals surface area contributed by atoms with Crippen LogP contribution in [0.15, 0.2) is 23.0 Å². The molecule has 0 spiro atoms. The van der Waals surface area contributed by atoms with Gasteiger partial charge in [-0.2, -0.15) is 5.10 Å². The van der Waals surface area contributed by atoms with Crippen LogP contribution < -0.4 is 5.56 Å². The Morgan fingerprint density at radius 3 is 3.00 bits per heavy atom. The number of nitrogens with one attached hydrogen (secondary N) is 2. The molecule has 0 saturated carbocycles. The highest BCUT2D eigenvalue weighted by atomic mass is 35.5. The molecule has 0 saturated heterocycles. The van der Waals surface area contributed by atoms with Gasteiger partial charge in [0.15, 0.2) is 0 Å². The number of H-pyrrole nitrogens is 2. The van der Waals surface area contributed by atoms with Gasteiger partial charge in [-0.05, 0) is 24.6 Å². The van der Waals surface area contributed by atoms with Crippen molar-refractivity contribution >= 4 is 33.4 Å². The molecule has 2 N–H and O–H groups in total. The lowest BCUT2D eigenvalue weighted by atomic mass is 10.1. The molecule has 0 unspecified atom stereocenters. The number of rotatable bonds is 5. The Hall–Kier alpha value is -1.85. The highest BCUT2D eigenvalue weighted by Gasteiger charge is 2.13. The number of hydrogen-bond donors (Lipinski definition) is 2. The third-order valence-corrected chi connectivity index (χ3v) is 3.63. The van der Waals surface area contributed by atoms with Crippen LogP contribution >= 0.6 is 11.6 Å². The molecule has 2 aromatic heterocycles. The number of aromatic amines is 2. The summed E-state index contributed by atoms with van der Waals surface area (Å²) in [5, 5.41) is 9.29. The van der Waals surface area contributed by atoms with Crippen molar-refractivity contribution in [3.63, 3.8) is 0 Å². The van der Waals surface area contributed by atoms with Crippen LogP contribution in [0.3, 0.4) is 0 Å². The van der Waals surface area contributed by atoms with Crippen LogP contribution in [0.4, 0.5) is 0 Å². The average Bonchev–Trinajstić information content (AvgIpc) is 2.89. The van der Waals surface area contributed by atoms with Crippen molar-refractivity contribution in [2.45, 2.75) is 19.8 Å². The summed E-state index contributed by atoms with van der Waals surface area (Å²) in [5.74, 6) is 0. The number of halogens is 1. The molecular formula is C15H16ClN3O2. The Kier molecular flexibility index (Phi) is 3.94. The molecule has 110 valence electrons. The SMILES string of the molecule is CCCOCCc1[nH]nc2c1c(=O)[nH]c1ccc(Cl)cc12. The molecule has 0 fully saturated rings. The van der Waals surface area contributed by atoms with E-state index in [9.17, 15) is 4.79 Å². The fourth-order valence-corrected chi connectivity index (χ4v) is 2.60. The largest absolute Gasteiger partial charge is 0.381 e. The van der Waals surface area contributed by atoms with Gasteiger partial charge in [-0.25, -0.2) is 0 Å². The monoisotopic (exact) mass is 305 g/mol. The topological polar surface area (TPSA) is 70.8 Å². The van der Waals surface area contributed by atoms with E-state index in [0.29, 0.717) is 29.0 Å². The highest BCUT2D eigenvalue weighted by Crippen LogP contribution is 2.24. The van der Waals surface area contributed by atoms with Crippen LogP contribution in [0.1, 0.15) is 19.0 Å². The molecule has 1 aromatic carbocycles. The first-order valence-corrected chi connectivity index (χ1v) is 7.34. The standard InChI is InChI=1S/C15H16ClN3O2/c1-2-6-21-7-5-12-13-14(19-18-12)10-8-9(16)3-4-11(10)17-15(13)20/h3-4,8H,2,5-7H2,1H3,(H,17,20)(H,18,19). The molecule has 0 bridgehead atoms. The van der Waals surface area contributed by atoms with Crippen molar-refractivity contribution in [3.05, 3.63) is 39.3 Å². The minimum absolute atomic E-state index is 0.140. The zero-order valence-corrected chi connectivity index (χ0v) is 12.5. The molecule has 0 aliphatic heterocycles. The fourth-order valence-electron chi connectivity index (χ4n) is 2.43. The summed E-state index contributed by atoms with van der Waals surface area (Å²) in [6, 6.07) is 5.35. The maximum absolute atomic E-state index is 12.3. The minimum Gasteiger partial charge on any atom is -0.381 e. The second-order valence-corrected chi connectivity index (χ2v) is 5.37. The van der Waals surface area contributed by atoms with Crippen LogP contribution in [-0.4, -0.2) is 28.4 Å². The van der Waals surface area contributed by atoms with Crippen molar-refractivity contribution in [1.82, 2.24) is 15.2 Å². The molecule has 6 heteroatoms. The van der Waals surface area contributed by atoms with E-state index in [2.05, 4.69) is 22.1 Å². The molecule has 0 atom stereocenters. The summed E-state index contributed by atoms with van der Waals surface area (Å²) in [6.07, 6.45) is 1.61. The number of hydrogen-bond acceptors (Lipinski definition) is 3. The van der Waals surface area contributed by atoms with Gasteiger partial charge in [-0.1, -0.05) is 18.5 Å². The van der Waals surface area contributed by atoms with Gasteiger partial charge < -0.3 is 9.72 Å². The summed E-state index contributed by atoms with van der Waals surface area (Å²) < 4.78 is 5.47. The van der Waals surface area contributed by atoms with E-state index in [1.165, 1.54) is 0 Å². The summed E-state index contributed by atoms with van der Waals surface area (Å²) >= 11 is 6.03. The van der Waals surface area contributed by atoms with Crippen molar-refractivity contribution < 1.29 is 4.74 Å². The first-order valence-electron chi connectivity index (χ1n) is 6.97. The Morgan fingerprint density at radius 2 is 2.19 bits per heavy atom. The number of fused-ring (bicyclic) bond motifs is 3. The smallest absolute Gasteiger partial charge is 0.259 e. The van der Waals surface area contributed by atoms with Crippen molar-refractivity contribution in [2.75, 3.05) is 13.2 Å². The lowest BCUT2D eigenvalue weighted by Crippen LogP contribution is -2.08. The average molecular weight is 306 g/mol. The second kappa shape index (κ2) is 5.87. The molecule has 21 heavy (non-hydrogen) atoms. The molecule has 5 nitrogen and oxygen atoms in total. The van der Waals surface area contributed by atoms with Crippen LogP contribution in [0.25, 0.3) is 21.8 Å². The normalized spacial score (nSPS) is 11.5. The quantitative estimate of drug-likeness (QED) is 0.712. The number of aromatic nitrogens is 3. The summed E-state index contributed by atoms with van der Waals surface area (Å²) in [6.45, 7) is 3.35. The van der Waals surface area contributed by atoms with Crippen molar-refractivity contribution in [1.29, 1.82) is 0 Å². The molecule has 0 aliphatic carbocycles. The molecule has 2 heterocycles. The van der Waals surface area contributed by atoms with Gasteiger partial charge in [-0.15, -0.1) is 0 Å². The van der Waals surface area contributed by atoms with Gasteiger partial charge in [0.05, 0.1) is 23.2 Å². The lowest BCUT2D eigenvalue weighted by molar-refractivity contribution is 0.137. The zero-order chi connectivity index (χ0) is 14.8. The first-order chi connectivity index (χ1) is 10.2. The molecule has 3 aromatic rings. The Labute approximate surface area is 126 Å². The first kappa shape index (κ1) is 14.1. The maximum Gasteiger partial charge on any atom is 0.259 e. The van der Waals surface area contributed by atoms with Crippen molar-refractivity contribution in [3.8, 4) is 0 Å². The predicted octanol–water partition coefficient (Wildman–Crippen LogP) is 3.03. The number of pyridine rings is 1. The number of ether oxygens (including phenoxy) is 1. The van der Waals surface area contributed by atoms with E-state index in [4.69, 9.17) is 16.3 Å². The Morgan fingerprint density at radius 1 is 1.33 bits per heavy atom. The lowest BCUT2D eigenvalue weighted by Gasteiger charge is -2.02. The highest BCUT2D eigenvalue weighted by molar-refractivity contribution is 6.31. The van der Waals surface area contributed by atoms with Gasteiger partial charge in [0.25, 0.3) is 5.56 Å². The van der Waals surface area contributed by atoms with E-state index in [1.807, 2.05) is 6.07 Å². The molecule has 0 amide bonds.